The first-order valence-electron chi connectivity index (χ1n) is 4.55. The molecule has 2 aliphatic rings. The predicted molar refractivity (Wildman–Crippen MR) is 51.1 cm³/mol. The minimum absolute atomic E-state index is 0.680. The van der Waals surface area contributed by atoms with Gasteiger partial charge in [-0.25, -0.2) is 0 Å². The van der Waals surface area contributed by atoms with Crippen LogP contribution in [0.3, 0.4) is 0 Å². The lowest BCUT2D eigenvalue weighted by Gasteiger charge is -2.25. The van der Waals surface area contributed by atoms with E-state index in [0.29, 0.717) is 5.92 Å². The van der Waals surface area contributed by atoms with Crippen molar-refractivity contribution in [2.24, 2.45) is 11.0 Å². The summed E-state index contributed by atoms with van der Waals surface area (Å²) in [5.41, 5.74) is 8.20. The maximum atomic E-state index is 8.20. The van der Waals surface area contributed by atoms with Crippen LogP contribution in [0.1, 0.15) is 25.7 Å². The van der Waals surface area contributed by atoms with Gasteiger partial charge in [0.25, 0.3) is 0 Å². The number of nitrogens with zero attached hydrogens (tertiary/aromatic N) is 3. The molecule has 2 bridgehead atoms. The minimum atomic E-state index is 0.680. The second kappa shape index (κ2) is 3.58. The summed E-state index contributed by atoms with van der Waals surface area (Å²) in [6, 6.07) is 0. The van der Waals surface area contributed by atoms with Gasteiger partial charge in [-0.3, -0.25) is 0 Å². The highest BCUT2D eigenvalue weighted by molar-refractivity contribution is 8.00. The van der Waals surface area contributed by atoms with Gasteiger partial charge in [-0.1, -0.05) is 5.11 Å². The highest BCUT2D eigenvalue weighted by Crippen LogP contribution is 2.45. The van der Waals surface area contributed by atoms with E-state index in [9.17, 15) is 0 Å². The first-order chi connectivity index (χ1) is 5.88. The van der Waals surface area contributed by atoms with Crippen LogP contribution in [-0.4, -0.2) is 17.0 Å². The number of fused-ring (bicyclic) bond motifs is 2. The van der Waals surface area contributed by atoms with Crippen LogP contribution in [0.15, 0.2) is 5.11 Å². The summed E-state index contributed by atoms with van der Waals surface area (Å²) in [5, 5.41) is 5.42. The Balaban J connectivity index is 1.89. The number of hydrogen-bond acceptors (Lipinski definition) is 2. The molecular weight excluding hydrogens is 170 g/mol. The molecule has 2 atom stereocenters. The van der Waals surface area contributed by atoms with Gasteiger partial charge < -0.3 is 0 Å². The summed E-state index contributed by atoms with van der Waals surface area (Å²) in [7, 11) is 0. The van der Waals surface area contributed by atoms with Crippen LogP contribution in [0.25, 0.3) is 10.4 Å². The van der Waals surface area contributed by atoms with Gasteiger partial charge in [0.15, 0.2) is 0 Å². The number of azide groups is 1. The summed E-state index contributed by atoms with van der Waals surface area (Å²) in [6.45, 7) is 0.726. The zero-order chi connectivity index (χ0) is 8.39. The van der Waals surface area contributed by atoms with Gasteiger partial charge in [-0.2, -0.15) is 11.8 Å². The molecule has 2 saturated heterocycles. The molecule has 0 spiro atoms. The Morgan fingerprint density at radius 2 is 2.00 bits per heavy atom. The van der Waals surface area contributed by atoms with Crippen LogP contribution in [0.4, 0.5) is 0 Å². The van der Waals surface area contributed by atoms with Gasteiger partial charge in [-0.05, 0) is 37.1 Å². The molecule has 2 fully saturated rings. The molecule has 0 aromatic carbocycles. The third-order valence-electron chi connectivity index (χ3n) is 2.79. The molecule has 0 N–H and O–H groups in total. The molecule has 66 valence electrons. The van der Waals surface area contributed by atoms with Crippen LogP contribution < -0.4 is 0 Å². The van der Waals surface area contributed by atoms with E-state index in [1.807, 2.05) is 0 Å². The third-order valence-corrected chi connectivity index (χ3v) is 4.42. The van der Waals surface area contributed by atoms with Crippen molar-refractivity contribution in [3.63, 3.8) is 0 Å². The Hall–Kier alpha value is -0.340. The number of thioether (sulfide) groups is 1. The van der Waals surface area contributed by atoms with E-state index in [-0.39, 0.29) is 0 Å². The van der Waals surface area contributed by atoms with Crippen LogP contribution >= 0.6 is 11.8 Å². The fourth-order valence-corrected chi connectivity index (χ4v) is 4.12. The molecule has 4 heteroatoms. The zero-order valence-corrected chi connectivity index (χ0v) is 7.83. The second-order valence-electron chi connectivity index (χ2n) is 3.71. The third kappa shape index (κ3) is 1.70. The summed E-state index contributed by atoms with van der Waals surface area (Å²) in [5.74, 6) is 0.680. The standard InChI is InChI=1S/C8H13N3S/c9-11-10-5-6-3-7-1-2-8(4-6)12-7/h6-8H,1-5H2. The van der Waals surface area contributed by atoms with Crippen molar-refractivity contribution in [3.8, 4) is 0 Å². The monoisotopic (exact) mass is 183 g/mol. The average Bonchev–Trinajstić information content (AvgIpc) is 2.42. The van der Waals surface area contributed by atoms with Gasteiger partial charge in [0, 0.05) is 22.0 Å². The van der Waals surface area contributed by atoms with Gasteiger partial charge >= 0.3 is 0 Å². The molecular formula is C8H13N3S. The molecule has 2 unspecified atom stereocenters. The molecule has 2 heterocycles. The van der Waals surface area contributed by atoms with Crippen molar-refractivity contribution >= 4 is 11.8 Å². The summed E-state index contributed by atoms with van der Waals surface area (Å²) in [4.78, 5) is 2.82. The first-order valence-corrected chi connectivity index (χ1v) is 5.49. The highest BCUT2D eigenvalue weighted by Gasteiger charge is 2.34. The van der Waals surface area contributed by atoms with E-state index in [0.717, 1.165) is 17.0 Å². The van der Waals surface area contributed by atoms with Gasteiger partial charge in [0.1, 0.15) is 0 Å². The molecule has 3 nitrogen and oxygen atoms in total. The van der Waals surface area contributed by atoms with Crippen molar-refractivity contribution in [2.75, 3.05) is 6.54 Å². The molecule has 2 rings (SSSR count). The lowest BCUT2D eigenvalue weighted by molar-refractivity contribution is 0.464. The van der Waals surface area contributed by atoms with E-state index >= 15 is 0 Å². The fraction of sp³-hybridized carbons (Fsp3) is 1.00. The minimum Gasteiger partial charge on any atom is -0.155 e. The highest BCUT2D eigenvalue weighted by atomic mass is 32.2. The molecule has 12 heavy (non-hydrogen) atoms. The predicted octanol–water partition coefficient (Wildman–Crippen LogP) is 2.97. The molecule has 0 amide bonds. The maximum absolute atomic E-state index is 8.20. The Kier molecular flexibility index (Phi) is 2.47. The number of hydrogen-bond donors (Lipinski definition) is 0. The second-order valence-corrected chi connectivity index (χ2v) is 5.31. The van der Waals surface area contributed by atoms with Crippen LogP contribution in [0.5, 0.6) is 0 Å². The molecule has 0 aliphatic carbocycles. The summed E-state index contributed by atoms with van der Waals surface area (Å²) >= 11 is 2.15. The Morgan fingerprint density at radius 3 is 2.58 bits per heavy atom. The van der Waals surface area contributed by atoms with Crippen LogP contribution in [-0.2, 0) is 0 Å². The normalized spacial score (nSPS) is 39.2. The lowest BCUT2D eigenvalue weighted by atomic mass is 10.00. The summed E-state index contributed by atoms with van der Waals surface area (Å²) < 4.78 is 0. The zero-order valence-electron chi connectivity index (χ0n) is 7.02. The van der Waals surface area contributed by atoms with Crippen molar-refractivity contribution in [3.05, 3.63) is 10.4 Å². The quantitative estimate of drug-likeness (QED) is 0.369. The van der Waals surface area contributed by atoms with Crippen molar-refractivity contribution < 1.29 is 0 Å². The summed E-state index contributed by atoms with van der Waals surface area (Å²) in [6.07, 6.45) is 5.34. The number of rotatable bonds is 2. The SMILES string of the molecule is [N-]=[N+]=NCC1CC2CCC(C1)S2. The Bertz CT molecular complexity index is 200. The fourth-order valence-electron chi connectivity index (χ4n) is 2.27. The Labute approximate surface area is 76.5 Å². The van der Waals surface area contributed by atoms with Crippen molar-refractivity contribution in [2.45, 2.75) is 36.2 Å². The van der Waals surface area contributed by atoms with Gasteiger partial charge in [-0.15, -0.1) is 0 Å². The van der Waals surface area contributed by atoms with Crippen molar-refractivity contribution in [1.82, 2.24) is 0 Å². The van der Waals surface area contributed by atoms with E-state index in [1.54, 1.807) is 0 Å². The topological polar surface area (TPSA) is 48.8 Å². The van der Waals surface area contributed by atoms with E-state index < -0.39 is 0 Å². The first kappa shape index (κ1) is 8.27. The maximum Gasteiger partial charge on any atom is 0.0287 e. The lowest BCUT2D eigenvalue weighted by Crippen LogP contribution is -2.19. The van der Waals surface area contributed by atoms with Crippen molar-refractivity contribution in [1.29, 1.82) is 0 Å². The van der Waals surface area contributed by atoms with E-state index in [4.69, 9.17) is 5.53 Å². The van der Waals surface area contributed by atoms with Crippen LogP contribution in [0.2, 0.25) is 0 Å². The van der Waals surface area contributed by atoms with E-state index in [1.165, 1.54) is 25.7 Å². The Morgan fingerprint density at radius 1 is 1.33 bits per heavy atom. The van der Waals surface area contributed by atoms with E-state index in [2.05, 4.69) is 21.8 Å². The molecule has 2 aliphatic heterocycles. The molecule has 0 radical (unpaired) electrons. The smallest absolute Gasteiger partial charge is 0.0287 e. The molecule has 0 aromatic heterocycles. The van der Waals surface area contributed by atoms with Crippen LogP contribution in [0, 0.1) is 5.92 Å². The van der Waals surface area contributed by atoms with Gasteiger partial charge in [0.2, 0.25) is 0 Å². The largest absolute Gasteiger partial charge is 0.155 e. The molecule has 0 saturated carbocycles. The average molecular weight is 183 g/mol. The van der Waals surface area contributed by atoms with Gasteiger partial charge in [0.05, 0.1) is 0 Å². The molecule has 0 aromatic rings.